The molecule has 0 saturated carbocycles. The minimum absolute atomic E-state index is 0.460. The minimum atomic E-state index is 0.460. The fourth-order valence-corrected chi connectivity index (χ4v) is 2.30. The van der Waals surface area contributed by atoms with Crippen LogP contribution in [0.5, 0.6) is 0 Å². The molecule has 0 aromatic heterocycles. The normalized spacial score (nSPS) is 29.4. The lowest BCUT2D eigenvalue weighted by molar-refractivity contribution is 0.0581. The average molecular weight is 199 g/mol. The summed E-state index contributed by atoms with van der Waals surface area (Å²) in [6.45, 7) is 8.76. The molecule has 1 aliphatic rings. The van der Waals surface area contributed by atoms with Crippen molar-refractivity contribution < 1.29 is 4.74 Å². The second-order valence-electron chi connectivity index (χ2n) is 4.41. The third-order valence-corrected chi connectivity index (χ3v) is 3.18. The van der Waals surface area contributed by atoms with Gasteiger partial charge in [0.2, 0.25) is 0 Å². The van der Waals surface area contributed by atoms with Crippen LogP contribution >= 0.6 is 0 Å². The van der Waals surface area contributed by atoms with Crippen LogP contribution < -0.4 is 5.32 Å². The van der Waals surface area contributed by atoms with Gasteiger partial charge in [-0.2, -0.15) is 0 Å². The van der Waals surface area contributed by atoms with Crippen LogP contribution in [0.2, 0.25) is 0 Å². The number of likely N-dealkylation sites (N-methyl/N-ethyl adjacent to an activating group) is 1. The molecule has 14 heavy (non-hydrogen) atoms. The summed E-state index contributed by atoms with van der Waals surface area (Å²) in [5, 5.41) is 3.56. The summed E-state index contributed by atoms with van der Waals surface area (Å²) >= 11 is 0. The van der Waals surface area contributed by atoms with E-state index in [1.807, 2.05) is 0 Å². The Bertz CT molecular complexity index is 149. The summed E-state index contributed by atoms with van der Waals surface area (Å²) in [5.74, 6) is 0.732. The Morgan fingerprint density at radius 2 is 2.21 bits per heavy atom. The van der Waals surface area contributed by atoms with Crippen LogP contribution in [0.25, 0.3) is 0 Å². The van der Waals surface area contributed by atoms with Gasteiger partial charge in [-0.05, 0) is 25.3 Å². The predicted molar refractivity (Wildman–Crippen MR) is 60.5 cm³/mol. The quantitative estimate of drug-likeness (QED) is 0.710. The third kappa shape index (κ3) is 3.25. The minimum Gasteiger partial charge on any atom is -0.376 e. The molecular formula is C12H25NO. The third-order valence-electron chi connectivity index (χ3n) is 3.18. The lowest BCUT2D eigenvalue weighted by Gasteiger charge is -2.26. The molecule has 0 aromatic rings. The van der Waals surface area contributed by atoms with Crippen molar-refractivity contribution in [3.05, 3.63) is 0 Å². The fourth-order valence-electron chi connectivity index (χ4n) is 2.30. The van der Waals surface area contributed by atoms with E-state index in [0.29, 0.717) is 12.1 Å². The van der Waals surface area contributed by atoms with Gasteiger partial charge in [0, 0.05) is 12.6 Å². The van der Waals surface area contributed by atoms with Crippen molar-refractivity contribution >= 4 is 0 Å². The Morgan fingerprint density at radius 1 is 1.43 bits per heavy atom. The number of nitrogens with one attached hydrogen (secondary N) is 1. The molecule has 1 heterocycles. The molecule has 3 atom stereocenters. The fraction of sp³-hybridized carbons (Fsp3) is 1.00. The Labute approximate surface area is 88.4 Å². The van der Waals surface area contributed by atoms with Crippen LogP contribution in [0.1, 0.15) is 46.5 Å². The number of unbranched alkanes of at least 4 members (excludes halogenated alkanes) is 1. The van der Waals surface area contributed by atoms with Crippen molar-refractivity contribution in [3.8, 4) is 0 Å². The molecule has 2 heteroatoms. The van der Waals surface area contributed by atoms with Crippen molar-refractivity contribution in [2.45, 2.75) is 58.6 Å². The summed E-state index contributed by atoms with van der Waals surface area (Å²) in [7, 11) is 0. The second kappa shape index (κ2) is 6.41. The van der Waals surface area contributed by atoms with Crippen molar-refractivity contribution in [2.24, 2.45) is 5.92 Å². The van der Waals surface area contributed by atoms with E-state index in [2.05, 4.69) is 26.1 Å². The first-order valence-electron chi connectivity index (χ1n) is 6.14. The van der Waals surface area contributed by atoms with Crippen LogP contribution in [-0.4, -0.2) is 25.3 Å². The van der Waals surface area contributed by atoms with Gasteiger partial charge in [-0.3, -0.25) is 0 Å². The summed E-state index contributed by atoms with van der Waals surface area (Å²) in [5.41, 5.74) is 0. The molecule has 0 aromatic carbocycles. The maximum absolute atomic E-state index is 5.81. The maximum atomic E-state index is 5.81. The molecule has 1 fully saturated rings. The van der Waals surface area contributed by atoms with Gasteiger partial charge in [0.1, 0.15) is 0 Å². The number of rotatable bonds is 6. The Hall–Kier alpha value is -0.0800. The van der Waals surface area contributed by atoms with E-state index in [4.69, 9.17) is 4.74 Å². The van der Waals surface area contributed by atoms with Gasteiger partial charge in [0.05, 0.1) is 6.10 Å². The topological polar surface area (TPSA) is 21.3 Å². The standard InChI is InChI=1S/C12H25NO/c1-4-6-7-11(13-5-2)12-10(3)8-9-14-12/h10-13H,4-9H2,1-3H3. The lowest BCUT2D eigenvalue weighted by atomic mass is 9.94. The molecule has 2 nitrogen and oxygen atoms in total. The monoisotopic (exact) mass is 199 g/mol. The molecule has 0 radical (unpaired) electrons. The van der Waals surface area contributed by atoms with Crippen molar-refractivity contribution in [1.29, 1.82) is 0 Å². The SMILES string of the molecule is CCCCC(NCC)C1OCCC1C. The number of ether oxygens (including phenoxy) is 1. The lowest BCUT2D eigenvalue weighted by Crippen LogP contribution is -2.42. The maximum Gasteiger partial charge on any atom is 0.0754 e. The molecule has 0 spiro atoms. The summed E-state index contributed by atoms with van der Waals surface area (Å²) in [6, 6.07) is 0.581. The average Bonchev–Trinajstić information content (AvgIpc) is 2.59. The largest absolute Gasteiger partial charge is 0.376 e. The van der Waals surface area contributed by atoms with E-state index in [0.717, 1.165) is 19.1 Å². The Balaban J connectivity index is 2.39. The van der Waals surface area contributed by atoms with Gasteiger partial charge < -0.3 is 10.1 Å². The Morgan fingerprint density at radius 3 is 2.71 bits per heavy atom. The van der Waals surface area contributed by atoms with Gasteiger partial charge in [-0.1, -0.05) is 33.6 Å². The molecule has 1 aliphatic heterocycles. The molecule has 3 unspecified atom stereocenters. The van der Waals surface area contributed by atoms with Gasteiger partial charge >= 0.3 is 0 Å². The molecule has 84 valence electrons. The zero-order chi connectivity index (χ0) is 10.4. The van der Waals surface area contributed by atoms with Gasteiger partial charge in [0.25, 0.3) is 0 Å². The molecule has 1 rings (SSSR count). The molecule has 0 bridgehead atoms. The first-order chi connectivity index (χ1) is 6.79. The highest BCUT2D eigenvalue weighted by Crippen LogP contribution is 2.25. The van der Waals surface area contributed by atoms with Crippen molar-refractivity contribution in [2.75, 3.05) is 13.2 Å². The smallest absolute Gasteiger partial charge is 0.0754 e. The van der Waals surface area contributed by atoms with Crippen LogP contribution in [0.3, 0.4) is 0 Å². The molecule has 1 saturated heterocycles. The summed E-state index contributed by atoms with van der Waals surface area (Å²) < 4.78 is 5.81. The highest BCUT2D eigenvalue weighted by Gasteiger charge is 2.30. The van der Waals surface area contributed by atoms with E-state index < -0.39 is 0 Å². The summed E-state index contributed by atoms with van der Waals surface area (Å²) in [4.78, 5) is 0. The highest BCUT2D eigenvalue weighted by atomic mass is 16.5. The van der Waals surface area contributed by atoms with Crippen LogP contribution in [-0.2, 0) is 4.74 Å². The molecule has 0 amide bonds. The molecule has 1 N–H and O–H groups in total. The molecular weight excluding hydrogens is 174 g/mol. The van der Waals surface area contributed by atoms with E-state index >= 15 is 0 Å². The van der Waals surface area contributed by atoms with Crippen LogP contribution in [0.4, 0.5) is 0 Å². The van der Waals surface area contributed by atoms with Crippen molar-refractivity contribution in [1.82, 2.24) is 5.32 Å². The summed E-state index contributed by atoms with van der Waals surface area (Å²) in [6.07, 6.45) is 5.55. The molecule has 0 aliphatic carbocycles. The van der Waals surface area contributed by atoms with Gasteiger partial charge in [0.15, 0.2) is 0 Å². The zero-order valence-corrected chi connectivity index (χ0v) is 9.88. The first-order valence-corrected chi connectivity index (χ1v) is 6.14. The van der Waals surface area contributed by atoms with Crippen LogP contribution in [0.15, 0.2) is 0 Å². The Kier molecular flexibility index (Phi) is 5.49. The van der Waals surface area contributed by atoms with Gasteiger partial charge in [-0.15, -0.1) is 0 Å². The van der Waals surface area contributed by atoms with Crippen LogP contribution in [0, 0.1) is 5.92 Å². The van der Waals surface area contributed by atoms with E-state index in [-0.39, 0.29) is 0 Å². The van der Waals surface area contributed by atoms with Gasteiger partial charge in [-0.25, -0.2) is 0 Å². The number of hydrogen-bond acceptors (Lipinski definition) is 2. The first kappa shape index (κ1) is 12.0. The predicted octanol–water partition coefficient (Wildman–Crippen LogP) is 2.58. The van der Waals surface area contributed by atoms with Crippen molar-refractivity contribution in [3.63, 3.8) is 0 Å². The highest BCUT2D eigenvalue weighted by molar-refractivity contribution is 4.84. The van der Waals surface area contributed by atoms with E-state index in [1.54, 1.807) is 0 Å². The second-order valence-corrected chi connectivity index (χ2v) is 4.41. The number of hydrogen-bond donors (Lipinski definition) is 1. The van der Waals surface area contributed by atoms with E-state index in [9.17, 15) is 0 Å². The van der Waals surface area contributed by atoms with E-state index in [1.165, 1.54) is 25.7 Å². The zero-order valence-electron chi connectivity index (χ0n) is 9.88.